The molecule has 0 amide bonds. The Balaban J connectivity index is 1.70. The van der Waals surface area contributed by atoms with Crippen LogP contribution in [0.3, 0.4) is 0 Å². The molecule has 2 aliphatic rings. The maximum absolute atomic E-state index is 11.3. The van der Waals surface area contributed by atoms with Gasteiger partial charge >= 0.3 is 0 Å². The molecule has 6 heteroatoms. The van der Waals surface area contributed by atoms with Crippen molar-refractivity contribution in [3.8, 4) is 0 Å². The third-order valence-corrected chi connectivity index (χ3v) is 5.08. The highest BCUT2D eigenvalue weighted by atomic mass is 32.2. The van der Waals surface area contributed by atoms with E-state index in [2.05, 4.69) is 15.2 Å². The van der Waals surface area contributed by atoms with Crippen LogP contribution in [0.1, 0.15) is 19.3 Å². The number of aromatic nitrogens is 1. The summed E-state index contributed by atoms with van der Waals surface area (Å²) in [7, 11) is -3.21. The largest absolute Gasteiger partial charge is 0.379 e. The second-order valence-electron chi connectivity index (χ2n) is 5.44. The van der Waals surface area contributed by atoms with Crippen LogP contribution in [-0.2, 0) is 9.84 Å². The predicted molar refractivity (Wildman–Crippen MR) is 74.0 cm³/mol. The lowest BCUT2D eigenvalue weighted by atomic mass is 10.1. The summed E-state index contributed by atoms with van der Waals surface area (Å²) in [6, 6.07) is 4.47. The van der Waals surface area contributed by atoms with Gasteiger partial charge in [0.05, 0.1) is 11.9 Å². The molecule has 3 heterocycles. The summed E-state index contributed by atoms with van der Waals surface area (Å²) < 4.78 is 22.7. The van der Waals surface area contributed by atoms with Crippen molar-refractivity contribution in [3.63, 3.8) is 0 Å². The number of hydrogen-bond donors (Lipinski definition) is 1. The van der Waals surface area contributed by atoms with Crippen LogP contribution in [0.4, 0.5) is 5.69 Å². The summed E-state index contributed by atoms with van der Waals surface area (Å²) >= 11 is 0. The van der Waals surface area contributed by atoms with E-state index < -0.39 is 9.84 Å². The van der Waals surface area contributed by atoms with Crippen LogP contribution >= 0.6 is 0 Å². The van der Waals surface area contributed by atoms with Gasteiger partial charge in [-0.25, -0.2) is 13.4 Å². The summed E-state index contributed by atoms with van der Waals surface area (Å²) in [5.41, 5.74) is 0.908. The van der Waals surface area contributed by atoms with Crippen LogP contribution in [-0.4, -0.2) is 49.7 Å². The van der Waals surface area contributed by atoms with Crippen LogP contribution in [0.2, 0.25) is 0 Å². The number of rotatable bonds is 3. The molecule has 5 nitrogen and oxygen atoms in total. The number of anilines is 1. The van der Waals surface area contributed by atoms with Gasteiger partial charge in [-0.3, -0.25) is 4.90 Å². The van der Waals surface area contributed by atoms with E-state index in [1.165, 1.54) is 25.6 Å². The molecule has 0 aliphatic carbocycles. The third-order valence-electron chi connectivity index (χ3n) is 4.07. The van der Waals surface area contributed by atoms with Crippen molar-refractivity contribution in [2.45, 2.75) is 36.4 Å². The van der Waals surface area contributed by atoms with E-state index in [4.69, 9.17) is 0 Å². The zero-order chi connectivity index (χ0) is 13.5. The topological polar surface area (TPSA) is 62.3 Å². The van der Waals surface area contributed by atoms with E-state index in [0.717, 1.165) is 18.7 Å². The molecule has 0 bridgehead atoms. The monoisotopic (exact) mass is 281 g/mol. The second kappa shape index (κ2) is 4.76. The molecule has 3 rings (SSSR count). The number of fused-ring (bicyclic) bond motifs is 1. The SMILES string of the molecule is CS(=O)(=O)c1ccc(NC2CCN3CCCC23)cn1. The minimum absolute atomic E-state index is 0.131. The van der Waals surface area contributed by atoms with Gasteiger partial charge in [0.25, 0.3) is 0 Å². The molecule has 1 N–H and O–H groups in total. The highest BCUT2D eigenvalue weighted by Crippen LogP contribution is 2.30. The lowest BCUT2D eigenvalue weighted by Gasteiger charge is -2.22. The second-order valence-corrected chi connectivity index (χ2v) is 7.40. The first-order valence-corrected chi connectivity index (χ1v) is 8.60. The molecule has 1 aromatic heterocycles. The first-order valence-electron chi connectivity index (χ1n) is 6.71. The van der Waals surface area contributed by atoms with Crippen molar-refractivity contribution in [1.29, 1.82) is 0 Å². The summed E-state index contributed by atoms with van der Waals surface area (Å²) in [5, 5.41) is 3.62. The normalized spacial score (nSPS) is 27.4. The van der Waals surface area contributed by atoms with E-state index in [0.29, 0.717) is 12.1 Å². The summed E-state index contributed by atoms with van der Waals surface area (Å²) in [6.07, 6.45) is 6.49. The Morgan fingerprint density at radius 3 is 2.84 bits per heavy atom. The molecule has 19 heavy (non-hydrogen) atoms. The Hall–Kier alpha value is -1.14. The van der Waals surface area contributed by atoms with Crippen LogP contribution in [0, 0.1) is 0 Å². The smallest absolute Gasteiger partial charge is 0.192 e. The standard InChI is InChI=1S/C13H19N3O2S/c1-19(17,18)13-5-4-10(9-14-13)15-11-6-8-16-7-2-3-12(11)16/h4-5,9,11-12,15H,2-3,6-8H2,1H3. The molecule has 0 radical (unpaired) electrons. The molecule has 2 aliphatic heterocycles. The molecular weight excluding hydrogens is 262 g/mol. The number of pyridine rings is 1. The van der Waals surface area contributed by atoms with Crippen molar-refractivity contribution in [3.05, 3.63) is 18.3 Å². The molecule has 0 spiro atoms. The average Bonchev–Trinajstić information content (AvgIpc) is 2.94. The quantitative estimate of drug-likeness (QED) is 0.900. The molecular formula is C13H19N3O2S. The Labute approximate surface area is 113 Å². The molecule has 0 aromatic carbocycles. The number of nitrogens with zero attached hydrogens (tertiary/aromatic N) is 2. The van der Waals surface area contributed by atoms with Gasteiger partial charge in [0, 0.05) is 24.9 Å². The van der Waals surface area contributed by atoms with Crippen LogP contribution < -0.4 is 5.32 Å². The minimum atomic E-state index is -3.21. The average molecular weight is 281 g/mol. The van der Waals surface area contributed by atoms with E-state index in [9.17, 15) is 8.42 Å². The van der Waals surface area contributed by atoms with E-state index in [-0.39, 0.29) is 5.03 Å². The molecule has 1 aromatic rings. The summed E-state index contributed by atoms with van der Waals surface area (Å²) in [4.78, 5) is 6.55. The van der Waals surface area contributed by atoms with Crippen LogP contribution in [0.25, 0.3) is 0 Å². The first-order chi connectivity index (χ1) is 9.04. The van der Waals surface area contributed by atoms with Gasteiger partial charge in [0.15, 0.2) is 14.9 Å². The molecule has 104 valence electrons. The Morgan fingerprint density at radius 2 is 2.16 bits per heavy atom. The Bertz CT molecular complexity index is 556. The fourth-order valence-corrected chi connectivity index (χ4v) is 3.71. The van der Waals surface area contributed by atoms with Gasteiger partial charge in [-0.1, -0.05) is 0 Å². The van der Waals surface area contributed by atoms with Gasteiger partial charge in [0.2, 0.25) is 0 Å². The van der Waals surface area contributed by atoms with Crippen LogP contribution in [0.5, 0.6) is 0 Å². The zero-order valence-corrected chi connectivity index (χ0v) is 11.9. The van der Waals surface area contributed by atoms with E-state index in [1.54, 1.807) is 18.3 Å². The fraction of sp³-hybridized carbons (Fsp3) is 0.615. The van der Waals surface area contributed by atoms with Gasteiger partial charge in [-0.15, -0.1) is 0 Å². The Morgan fingerprint density at radius 1 is 1.32 bits per heavy atom. The van der Waals surface area contributed by atoms with Crippen LogP contribution in [0.15, 0.2) is 23.4 Å². The Kier molecular flexibility index (Phi) is 3.22. The zero-order valence-electron chi connectivity index (χ0n) is 11.0. The lowest BCUT2D eigenvalue weighted by molar-refractivity contribution is 0.318. The van der Waals surface area contributed by atoms with Crippen molar-refractivity contribution in [1.82, 2.24) is 9.88 Å². The molecule has 2 saturated heterocycles. The summed E-state index contributed by atoms with van der Waals surface area (Å²) in [6.45, 7) is 2.38. The molecule has 2 unspecified atom stereocenters. The first kappa shape index (κ1) is 12.9. The fourth-order valence-electron chi connectivity index (χ4n) is 3.15. The van der Waals surface area contributed by atoms with E-state index in [1.807, 2.05) is 0 Å². The lowest BCUT2D eigenvalue weighted by Crippen LogP contribution is -2.33. The number of nitrogens with one attached hydrogen (secondary N) is 1. The van der Waals surface area contributed by atoms with Crippen molar-refractivity contribution >= 4 is 15.5 Å². The van der Waals surface area contributed by atoms with Crippen molar-refractivity contribution < 1.29 is 8.42 Å². The van der Waals surface area contributed by atoms with Crippen molar-refractivity contribution in [2.24, 2.45) is 0 Å². The minimum Gasteiger partial charge on any atom is -0.379 e. The van der Waals surface area contributed by atoms with Gasteiger partial charge in [0.1, 0.15) is 0 Å². The van der Waals surface area contributed by atoms with Gasteiger partial charge < -0.3 is 5.32 Å². The summed E-state index contributed by atoms with van der Waals surface area (Å²) in [5.74, 6) is 0. The van der Waals surface area contributed by atoms with Crippen molar-refractivity contribution in [2.75, 3.05) is 24.7 Å². The van der Waals surface area contributed by atoms with Gasteiger partial charge in [-0.2, -0.15) is 0 Å². The number of hydrogen-bond acceptors (Lipinski definition) is 5. The molecule has 2 fully saturated rings. The van der Waals surface area contributed by atoms with Gasteiger partial charge in [-0.05, 0) is 37.9 Å². The van der Waals surface area contributed by atoms with E-state index >= 15 is 0 Å². The third kappa shape index (κ3) is 2.60. The number of sulfone groups is 1. The highest BCUT2D eigenvalue weighted by molar-refractivity contribution is 7.90. The predicted octanol–water partition coefficient (Wildman–Crippen LogP) is 1.13. The maximum atomic E-state index is 11.3. The molecule has 0 saturated carbocycles. The maximum Gasteiger partial charge on any atom is 0.192 e. The molecule has 2 atom stereocenters. The highest BCUT2D eigenvalue weighted by Gasteiger charge is 2.36.